The molecule has 22 heavy (non-hydrogen) atoms. The third-order valence-corrected chi connectivity index (χ3v) is 2.89. The molecule has 0 bridgehead atoms. The molecule has 0 saturated heterocycles. The second-order valence-electron chi connectivity index (χ2n) is 4.83. The number of hydrogen-bond acceptors (Lipinski definition) is 4. The molecular formula is C16H18N4O2. The summed E-state index contributed by atoms with van der Waals surface area (Å²) in [7, 11) is 0. The first-order valence-corrected chi connectivity index (χ1v) is 6.90. The zero-order valence-corrected chi connectivity index (χ0v) is 12.5. The van der Waals surface area contributed by atoms with Gasteiger partial charge in [-0.25, -0.2) is 4.98 Å². The summed E-state index contributed by atoms with van der Waals surface area (Å²) in [5.41, 5.74) is 1.51. The van der Waals surface area contributed by atoms with Gasteiger partial charge in [0, 0.05) is 12.6 Å². The van der Waals surface area contributed by atoms with E-state index in [4.69, 9.17) is 0 Å². The number of anilines is 3. The zero-order valence-electron chi connectivity index (χ0n) is 12.5. The Kier molecular flexibility index (Phi) is 5.08. The van der Waals surface area contributed by atoms with Crippen LogP contribution in [0.2, 0.25) is 0 Å². The van der Waals surface area contributed by atoms with Crippen LogP contribution in [0, 0.1) is 0 Å². The van der Waals surface area contributed by atoms with E-state index in [0.29, 0.717) is 11.5 Å². The largest absolute Gasteiger partial charge is 0.345 e. The number of aromatic nitrogens is 1. The van der Waals surface area contributed by atoms with Crippen LogP contribution < -0.4 is 16.0 Å². The van der Waals surface area contributed by atoms with Gasteiger partial charge in [-0.1, -0.05) is 18.2 Å². The van der Waals surface area contributed by atoms with Crippen LogP contribution in [0.15, 0.2) is 48.7 Å². The van der Waals surface area contributed by atoms with Gasteiger partial charge in [-0.05, 0) is 31.2 Å². The van der Waals surface area contributed by atoms with Crippen molar-refractivity contribution in [2.75, 3.05) is 10.6 Å². The predicted molar refractivity (Wildman–Crippen MR) is 85.9 cm³/mol. The van der Waals surface area contributed by atoms with Gasteiger partial charge in [0.2, 0.25) is 11.8 Å². The summed E-state index contributed by atoms with van der Waals surface area (Å²) in [6.45, 7) is 2.99. The number of benzene rings is 1. The molecule has 114 valence electrons. The lowest BCUT2D eigenvalue weighted by Crippen LogP contribution is -2.40. The lowest BCUT2D eigenvalue weighted by Gasteiger charge is -2.13. The van der Waals surface area contributed by atoms with Crippen LogP contribution in [-0.2, 0) is 9.59 Å². The first-order chi connectivity index (χ1) is 10.5. The number of nitrogens with one attached hydrogen (secondary N) is 3. The summed E-state index contributed by atoms with van der Waals surface area (Å²) in [5.74, 6) is 0.142. The van der Waals surface area contributed by atoms with Crippen molar-refractivity contribution < 1.29 is 9.59 Å². The minimum absolute atomic E-state index is 0.247. The van der Waals surface area contributed by atoms with Gasteiger partial charge in [-0.3, -0.25) is 9.59 Å². The quantitative estimate of drug-likeness (QED) is 0.791. The fourth-order valence-electron chi connectivity index (χ4n) is 1.83. The molecule has 1 aromatic carbocycles. The Morgan fingerprint density at radius 3 is 2.36 bits per heavy atom. The maximum atomic E-state index is 11.9. The number of carbonyl (C=O) groups is 2. The van der Waals surface area contributed by atoms with Crippen LogP contribution in [-0.4, -0.2) is 22.8 Å². The Morgan fingerprint density at radius 1 is 1.05 bits per heavy atom. The maximum Gasteiger partial charge on any atom is 0.246 e. The summed E-state index contributed by atoms with van der Waals surface area (Å²) in [4.78, 5) is 27.0. The molecule has 0 aliphatic carbocycles. The van der Waals surface area contributed by atoms with Crippen LogP contribution in [0.3, 0.4) is 0 Å². The Balaban J connectivity index is 1.94. The number of carbonyl (C=O) groups excluding carboxylic acids is 2. The van der Waals surface area contributed by atoms with Gasteiger partial charge in [-0.2, -0.15) is 0 Å². The zero-order chi connectivity index (χ0) is 15.9. The molecule has 0 saturated carbocycles. The fourth-order valence-corrected chi connectivity index (χ4v) is 1.83. The van der Waals surface area contributed by atoms with Gasteiger partial charge >= 0.3 is 0 Å². The standard InChI is InChI=1S/C16H18N4O2/c1-11(18-12(2)21)16(22)20-14-8-9-15(17-10-14)19-13-6-4-3-5-7-13/h3-11H,1-2H3,(H,17,19)(H,18,21)(H,20,22)/t11-/m1/s1. The molecule has 1 heterocycles. The Labute approximate surface area is 129 Å². The Hall–Kier alpha value is -2.89. The van der Waals surface area contributed by atoms with Crippen LogP contribution in [0.25, 0.3) is 0 Å². The lowest BCUT2D eigenvalue weighted by molar-refractivity contribution is -0.124. The number of para-hydroxylation sites is 1. The van der Waals surface area contributed by atoms with Crippen molar-refractivity contribution in [3.63, 3.8) is 0 Å². The third-order valence-electron chi connectivity index (χ3n) is 2.89. The van der Waals surface area contributed by atoms with Crippen molar-refractivity contribution in [3.8, 4) is 0 Å². The molecule has 0 aliphatic heterocycles. The van der Waals surface area contributed by atoms with E-state index in [1.165, 1.54) is 6.92 Å². The van der Waals surface area contributed by atoms with E-state index in [1.54, 1.807) is 25.3 Å². The summed E-state index contributed by atoms with van der Waals surface area (Å²) < 4.78 is 0. The number of hydrogen-bond donors (Lipinski definition) is 3. The van der Waals surface area contributed by atoms with Gasteiger partial charge < -0.3 is 16.0 Å². The van der Waals surface area contributed by atoms with Gasteiger partial charge in [0.15, 0.2) is 0 Å². The molecule has 2 amide bonds. The first kappa shape index (κ1) is 15.5. The highest BCUT2D eigenvalue weighted by Crippen LogP contribution is 2.15. The molecule has 0 radical (unpaired) electrons. The summed E-state index contributed by atoms with van der Waals surface area (Å²) in [6, 6.07) is 12.6. The SMILES string of the molecule is CC(=O)N[C@H](C)C(=O)Nc1ccc(Nc2ccccc2)nc1. The molecule has 6 heteroatoms. The average molecular weight is 298 g/mol. The molecule has 1 atom stereocenters. The molecule has 2 rings (SSSR count). The van der Waals surface area contributed by atoms with Gasteiger partial charge in [-0.15, -0.1) is 0 Å². The van der Waals surface area contributed by atoms with Crippen LogP contribution in [0.5, 0.6) is 0 Å². The second-order valence-corrected chi connectivity index (χ2v) is 4.83. The number of pyridine rings is 1. The number of nitrogens with zero attached hydrogens (tertiary/aromatic N) is 1. The Morgan fingerprint density at radius 2 is 1.77 bits per heavy atom. The molecule has 2 aromatic rings. The number of amides is 2. The highest BCUT2D eigenvalue weighted by Gasteiger charge is 2.13. The van der Waals surface area contributed by atoms with E-state index in [1.807, 2.05) is 30.3 Å². The van der Waals surface area contributed by atoms with Crippen molar-refractivity contribution in [3.05, 3.63) is 48.7 Å². The molecule has 0 fully saturated rings. The normalized spacial score (nSPS) is 11.4. The van der Waals surface area contributed by atoms with Crippen LogP contribution in [0.4, 0.5) is 17.2 Å². The van der Waals surface area contributed by atoms with E-state index in [-0.39, 0.29) is 11.8 Å². The van der Waals surface area contributed by atoms with Crippen LogP contribution in [0.1, 0.15) is 13.8 Å². The maximum absolute atomic E-state index is 11.9. The lowest BCUT2D eigenvalue weighted by atomic mass is 10.3. The summed E-state index contributed by atoms with van der Waals surface area (Å²) in [5, 5.41) is 8.37. The average Bonchev–Trinajstić information content (AvgIpc) is 2.49. The molecule has 1 aromatic heterocycles. The van der Waals surface area contributed by atoms with Crippen molar-refractivity contribution in [1.29, 1.82) is 0 Å². The van der Waals surface area contributed by atoms with Crippen molar-refractivity contribution in [1.82, 2.24) is 10.3 Å². The van der Waals surface area contributed by atoms with Crippen molar-refractivity contribution in [2.24, 2.45) is 0 Å². The van der Waals surface area contributed by atoms with E-state index in [0.717, 1.165) is 5.69 Å². The third kappa shape index (κ3) is 4.59. The highest BCUT2D eigenvalue weighted by atomic mass is 16.2. The fraction of sp³-hybridized carbons (Fsp3) is 0.188. The minimum Gasteiger partial charge on any atom is -0.345 e. The first-order valence-electron chi connectivity index (χ1n) is 6.90. The molecule has 0 spiro atoms. The van der Waals surface area contributed by atoms with E-state index < -0.39 is 6.04 Å². The molecule has 0 unspecified atom stereocenters. The minimum atomic E-state index is -0.598. The van der Waals surface area contributed by atoms with E-state index in [2.05, 4.69) is 20.9 Å². The second kappa shape index (κ2) is 7.21. The molecule has 0 aliphatic rings. The van der Waals surface area contributed by atoms with E-state index >= 15 is 0 Å². The summed E-state index contributed by atoms with van der Waals surface area (Å²) >= 11 is 0. The van der Waals surface area contributed by atoms with Crippen LogP contribution >= 0.6 is 0 Å². The van der Waals surface area contributed by atoms with Gasteiger partial charge in [0.05, 0.1) is 11.9 Å². The van der Waals surface area contributed by atoms with Gasteiger partial charge in [0.1, 0.15) is 11.9 Å². The topological polar surface area (TPSA) is 83.1 Å². The smallest absolute Gasteiger partial charge is 0.246 e. The predicted octanol–water partition coefficient (Wildman–Crippen LogP) is 2.29. The van der Waals surface area contributed by atoms with Crippen molar-refractivity contribution >= 4 is 29.0 Å². The van der Waals surface area contributed by atoms with Gasteiger partial charge in [0.25, 0.3) is 0 Å². The summed E-state index contributed by atoms with van der Waals surface area (Å²) in [6.07, 6.45) is 1.56. The highest BCUT2D eigenvalue weighted by molar-refractivity contribution is 5.96. The van der Waals surface area contributed by atoms with E-state index in [9.17, 15) is 9.59 Å². The monoisotopic (exact) mass is 298 g/mol. The van der Waals surface area contributed by atoms with Crippen molar-refractivity contribution in [2.45, 2.75) is 19.9 Å². The molecule has 3 N–H and O–H groups in total. The molecular weight excluding hydrogens is 280 g/mol. The number of rotatable bonds is 5. The molecule has 6 nitrogen and oxygen atoms in total. The Bertz CT molecular complexity index is 641.